The van der Waals surface area contributed by atoms with Crippen LogP contribution in [0, 0.1) is 0 Å². The molecule has 0 aliphatic heterocycles. The van der Waals surface area contributed by atoms with Crippen molar-refractivity contribution >= 4 is 56.4 Å². The molecule has 0 saturated heterocycles. The highest BCUT2D eigenvalue weighted by Crippen LogP contribution is 2.39. The molecule has 2 aliphatic rings. The number of anilines is 2. The Morgan fingerprint density at radius 3 is 1.45 bits per heavy atom. The van der Waals surface area contributed by atoms with Crippen LogP contribution in [0.3, 0.4) is 0 Å². The van der Waals surface area contributed by atoms with E-state index >= 15 is 0 Å². The zero-order valence-electron chi connectivity index (χ0n) is 23.9. The lowest BCUT2D eigenvalue weighted by atomic mass is 9.96. The van der Waals surface area contributed by atoms with E-state index in [0.29, 0.717) is 21.1 Å². The predicted molar refractivity (Wildman–Crippen MR) is 163 cm³/mol. The molecule has 5 rings (SSSR count). The molecular weight excluding hydrogens is 574 g/mol. The molecule has 2 N–H and O–H groups in total. The van der Waals surface area contributed by atoms with Crippen LogP contribution in [0.1, 0.15) is 114 Å². The lowest BCUT2D eigenvalue weighted by molar-refractivity contribution is 0.0592. The van der Waals surface area contributed by atoms with Gasteiger partial charge in [-0.1, -0.05) is 31.7 Å². The monoisotopic (exact) mass is 609 g/mol. The van der Waals surface area contributed by atoms with Gasteiger partial charge in [0.2, 0.25) is 0 Å². The van der Waals surface area contributed by atoms with Crippen LogP contribution in [-0.2, 0) is 35.2 Å². The lowest BCUT2D eigenvalue weighted by Gasteiger charge is -2.11. The van der Waals surface area contributed by atoms with Gasteiger partial charge in [0, 0.05) is 9.75 Å². The number of amides is 2. The largest absolute Gasteiger partial charge is 0.465 e. The van der Waals surface area contributed by atoms with E-state index in [1.54, 1.807) is 6.07 Å². The minimum Gasteiger partial charge on any atom is -0.465 e. The second-order valence-corrected chi connectivity index (χ2v) is 12.8. The van der Waals surface area contributed by atoms with Crippen molar-refractivity contribution in [3.05, 3.63) is 61.6 Å². The van der Waals surface area contributed by atoms with E-state index in [4.69, 9.17) is 9.47 Å². The molecule has 222 valence electrons. The zero-order valence-corrected chi connectivity index (χ0v) is 25.6. The summed E-state index contributed by atoms with van der Waals surface area (Å²) in [5.74, 6) is -2.01. The second kappa shape index (κ2) is 13.6. The van der Waals surface area contributed by atoms with Gasteiger partial charge in [-0.25, -0.2) is 14.6 Å². The van der Waals surface area contributed by atoms with Crippen molar-refractivity contribution in [1.82, 2.24) is 4.98 Å². The minimum absolute atomic E-state index is 0.0333. The first-order valence-electron chi connectivity index (χ1n) is 14.5. The topological polar surface area (TPSA) is 124 Å². The highest BCUT2D eigenvalue weighted by Gasteiger charge is 2.28. The molecule has 3 heterocycles. The molecule has 0 spiro atoms. The van der Waals surface area contributed by atoms with Crippen LogP contribution in [0.2, 0.25) is 0 Å². The Bertz CT molecular complexity index is 1400. The Hall–Kier alpha value is -3.57. The number of pyridine rings is 1. The number of carbonyl (C=O) groups is 4. The molecule has 2 amide bonds. The van der Waals surface area contributed by atoms with Crippen molar-refractivity contribution in [3.63, 3.8) is 0 Å². The minimum atomic E-state index is -0.529. The van der Waals surface area contributed by atoms with Crippen LogP contribution >= 0.6 is 22.7 Å². The van der Waals surface area contributed by atoms with Crippen molar-refractivity contribution in [3.8, 4) is 0 Å². The molecule has 3 aromatic rings. The summed E-state index contributed by atoms with van der Waals surface area (Å²) >= 11 is 2.81. The fourth-order valence-corrected chi connectivity index (χ4v) is 8.22. The quantitative estimate of drug-likeness (QED) is 0.302. The highest BCUT2D eigenvalue weighted by atomic mass is 32.1. The van der Waals surface area contributed by atoms with Crippen molar-refractivity contribution in [2.45, 2.75) is 77.0 Å². The maximum absolute atomic E-state index is 13.3. The number of nitrogens with zero attached hydrogens (tertiary/aromatic N) is 1. The first-order valence-corrected chi connectivity index (χ1v) is 16.1. The van der Waals surface area contributed by atoms with Gasteiger partial charge in [0.1, 0.15) is 21.4 Å². The average Bonchev–Trinajstić information content (AvgIpc) is 3.47. The Kier molecular flexibility index (Phi) is 9.69. The smallest absolute Gasteiger partial charge is 0.341 e. The lowest BCUT2D eigenvalue weighted by Crippen LogP contribution is -2.20. The van der Waals surface area contributed by atoms with Gasteiger partial charge < -0.3 is 20.1 Å². The maximum Gasteiger partial charge on any atom is 0.341 e. The number of rotatable bonds is 6. The number of carbonyl (C=O) groups excluding carboxylic acids is 4. The molecule has 0 fully saturated rings. The molecule has 0 aromatic carbocycles. The number of aryl methyl sites for hydroxylation is 2. The van der Waals surface area contributed by atoms with Crippen LogP contribution in [0.15, 0.2) is 18.2 Å². The molecule has 0 saturated carbocycles. The summed E-state index contributed by atoms with van der Waals surface area (Å²) in [4.78, 5) is 58.7. The normalized spacial score (nSPS) is 15.1. The molecule has 0 unspecified atom stereocenters. The second-order valence-electron chi connectivity index (χ2n) is 10.5. The van der Waals surface area contributed by atoms with Gasteiger partial charge in [-0.15, -0.1) is 22.7 Å². The van der Waals surface area contributed by atoms with Crippen LogP contribution < -0.4 is 10.6 Å². The summed E-state index contributed by atoms with van der Waals surface area (Å²) < 4.78 is 10.1. The third kappa shape index (κ3) is 6.42. The first kappa shape index (κ1) is 29.9. The van der Waals surface area contributed by atoms with Crippen LogP contribution in [0.25, 0.3) is 0 Å². The van der Waals surface area contributed by atoms with E-state index in [1.807, 2.05) is 0 Å². The van der Waals surface area contributed by atoms with Crippen LogP contribution in [0.5, 0.6) is 0 Å². The Labute approximate surface area is 253 Å². The summed E-state index contributed by atoms with van der Waals surface area (Å²) in [7, 11) is 2.67. The number of nitrogens with one attached hydrogen (secondary N) is 2. The van der Waals surface area contributed by atoms with Gasteiger partial charge in [-0.2, -0.15) is 0 Å². The summed E-state index contributed by atoms with van der Waals surface area (Å²) in [6.07, 6.45) is 11.7. The SMILES string of the molecule is COC(=O)c1c(NC(=O)c2cccc(C(=O)Nc3sc4c(c3C(=O)OC)CCCCCC4)n2)sc2c1CCCCCC2. The first-order chi connectivity index (χ1) is 20.4. The molecule has 2 aliphatic carbocycles. The van der Waals surface area contributed by atoms with E-state index in [1.165, 1.54) is 49.0 Å². The van der Waals surface area contributed by atoms with Crippen LogP contribution in [-0.4, -0.2) is 43.0 Å². The number of aromatic nitrogens is 1. The van der Waals surface area contributed by atoms with Gasteiger partial charge in [0.15, 0.2) is 0 Å². The highest BCUT2D eigenvalue weighted by molar-refractivity contribution is 7.17. The van der Waals surface area contributed by atoms with E-state index < -0.39 is 23.8 Å². The van der Waals surface area contributed by atoms with E-state index in [2.05, 4.69) is 15.6 Å². The number of fused-ring (bicyclic) bond motifs is 2. The Morgan fingerprint density at radius 2 is 1.05 bits per heavy atom. The maximum atomic E-state index is 13.3. The Balaban J connectivity index is 1.38. The summed E-state index contributed by atoms with van der Waals surface area (Å²) in [5.41, 5.74) is 2.79. The molecule has 9 nitrogen and oxygen atoms in total. The number of esters is 2. The summed E-state index contributed by atoms with van der Waals surface area (Å²) in [6, 6.07) is 4.62. The predicted octanol–water partition coefficient (Wildman–Crippen LogP) is 6.60. The molecule has 0 bridgehead atoms. The van der Waals surface area contributed by atoms with Gasteiger partial charge in [-0.3, -0.25) is 9.59 Å². The number of thiophene rings is 2. The number of methoxy groups -OCH3 is 2. The third-order valence-electron chi connectivity index (χ3n) is 7.79. The molecule has 42 heavy (non-hydrogen) atoms. The summed E-state index contributed by atoms with van der Waals surface area (Å²) in [5, 5.41) is 6.59. The van der Waals surface area contributed by atoms with Crippen LogP contribution in [0.4, 0.5) is 10.0 Å². The van der Waals surface area contributed by atoms with Crippen molar-refractivity contribution in [1.29, 1.82) is 0 Å². The molecule has 0 atom stereocenters. The van der Waals surface area contributed by atoms with Crippen molar-refractivity contribution in [2.24, 2.45) is 0 Å². The standard InChI is InChI=1S/C31H35N3O6S2/c1-39-30(37)24-18-12-7-3-5-9-16-22(18)41-28(24)33-26(35)20-14-11-15-21(32-20)27(36)34-29-25(31(38)40-2)19-13-8-4-6-10-17-23(19)42-29/h11,14-15H,3-10,12-13,16-17H2,1-2H3,(H,33,35)(H,34,36). The van der Waals surface area contributed by atoms with Crippen molar-refractivity contribution < 1.29 is 28.7 Å². The number of hydrogen-bond donors (Lipinski definition) is 2. The molecule has 3 aromatic heterocycles. The van der Waals surface area contributed by atoms with Gasteiger partial charge in [-0.05, 0) is 74.6 Å². The van der Waals surface area contributed by atoms with Gasteiger partial charge in [0.25, 0.3) is 11.8 Å². The molecular formula is C31H35N3O6S2. The van der Waals surface area contributed by atoms with E-state index in [-0.39, 0.29) is 11.4 Å². The Morgan fingerprint density at radius 1 is 0.643 bits per heavy atom. The average molecular weight is 610 g/mol. The number of ether oxygens (including phenoxy) is 2. The van der Waals surface area contributed by atoms with Crippen molar-refractivity contribution in [2.75, 3.05) is 24.9 Å². The van der Waals surface area contributed by atoms with Gasteiger partial charge in [0.05, 0.1) is 25.3 Å². The fraction of sp³-hybridized carbons (Fsp3) is 0.452. The van der Waals surface area contributed by atoms with E-state index in [9.17, 15) is 19.2 Å². The fourth-order valence-electron chi connectivity index (χ4n) is 5.67. The zero-order chi connectivity index (χ0) is 29.6. The van der Waals surface area contributed by atoms with Gasteiger partial charge >= 0.3 is 11.9 Å². The molecule has 11 heteroatoms. The summed E-state index contributed by atoms with van der Waals surface area (Å²) in [6.45, 7) is 0. The molecule has 0 radical (unpaired) electrons. The third-order valence-corrected chi connectivity index (χ3v) is 10.2. The van der Waals surface area contributed by atoms with E-state index in [0.717, 1.165) is 97.9 Å². The number of hydrogen-bond acceptors (Lipinski definition) is 9.